The van der Waals surface area contributed by atoms with E-state index in [2.05, 4.69) is 22.2 Å². The highest BCUT2D eigenvalue weighted by atomic mass is 32.2. The van der Waals surface area contributed by atoms with Gasteiger partial charge in [0.2, 0.25) is 0 Å². The number of anilines is 1. The van der Waals surface area contributed by atoms with E-state index in [4.69, 9.17) is 9.47 Å². The zero-order valence-corrected chi connectivity index (χ0v) is 12.6. The molecule has 2 aromatic rings. The fraction of sp³-hybridized carbons (Fsp3) is 0.333. The molecule has 1 aliphatic heterocycles. The Bertz CT molecular complexity index is 609. The van der Waals surface area contributed by atoms with Crippen molar-refractivity contribution < 1.29 is 9.47 Å². The monoisotopic (exact) mass is 303 g/mol. The van der Waals surface area contributed by atoms with Gasteiger partial charge >= 0.3 is 0 Å². The first kappa shape index (κ1) is 14.0. The number of thioether (sulfide) groups is 1. The van der Waals surface area contributed by atoms with Crippen LogP contribution in [0.25, 0.3) is 0 Å². The summed E-state index contributed by atoms with van der Waals surface area (Å²) in [6, 6.07) is 7.71. The largest absolute Gasteiger partial charge is 0.486 e. The molecule has 1 N–H and O–H groups in total. The molecule has 0 spiro atoms. The van der Waals surface area contributed by atoms with Crippen LogP contribution in [0.2, 0.25) is 0 Å². The molecule has 0 aliphatic carbocycles. The predicted molar refractivity (Wildman–Crippen MR) is 83.3 cm³/mol. The van der Waals surface area contributed by atoms with Gasteiger partial charge < -0.3 is 14.8 Å². The van der Waals surface area contributed by atoms with Crippen molar-refractivity contribution in [1.82, 2.24) is 9.97 Å². The molecule has 1 atom stereocenters. The molecule has 1 aromatic carbocycles. The summed E-state index contributed by atoms with van der Waals surface area (Å²) in [5.74, 6) is 3.33. The van der Waals surface area contributed by atoms with E-state index in [0.717, 1.165) is 28.1 Å². The molecular formula is C15H17N3O2S. The number of hydrogen-bond acceptors (Lipinski definition) is 6. The fourth-order valence-corrected chi connectivity index (χ4v) is 2.63. The van der Waals surface area contributed by atoms with E-state index in [9.17, 15) is 0 Å². The van der Waals surface area contributed by atoms with Crippen molar-refractivity contribution in [3.8, 4) is 11.5 Å². The topological polar surface area (TPSA) is 56.3 Å². The number of ether oxygens (including phenoxy) is 2. The summed E-state index contributed by atoms with van der Waals surface area (Å²) in [7, 11) is 0. The summed E-state index contributed by atoms with van der Waals surface area (Å²) in [4.78, 5) is 8.67. The van der Waals surface area contributed by atoms with Crippen molar-refractivity contribution in [2.24, 2.45) is 0 Å². The molecule has 1 aliphatic rings. The van der Waals surface area contributed by atoms with Gasteiger partial charge in [-0.05, 0) is 17.9 Å². The van der Waals surface area contributed by atoms with Gasteiger partial charge in [-0.15, -0.1) is 11.8 Å². The Balaban J connectivity index is 1.58. The highest BCUT2D eigenvalue weighted by molar-refractivity contribution is 7.99. The third-order valence-corrected chi connectivity index (χ3v) is 3.76. The summed E-state index contributed by atoms with van der Waals surface area (Å²) in [5.41, 5.74) is 0. The van der Waals surface area contributed by atoms with E-state index < -0.39 is 0 Å². The number of aromatic nitrogens is 2. The second kappa shape index (κ2) is 6.67. The second-order valence-corrected chi connectivity index (χ2v) is 5.84. The lowest BCUT2D eigenvalue weighted by Crippen LogP contribution is -2.35. The highest BCUT2D eigenvalue weighted by Gasteiger charge is 2.20. The van der Waals surface area contributed by atoms with Crippen molar-refractivity contribution in [3.63, 3.8) is 0 Å². The van der Waals surface area contributed by atoms with Gasteiger partial charge in [0.25, 0.3) is 0 Å². The maximum absolute atomic E-state index is 5.89. The summed E-state index contributed by atoms with van der Waals surface area (Å²) in [6.07, 6.45) is 3.46. The number of fused-ring (bicyclic) bond motifs is 1. The van der Waals surface area contributed by atoms with Gasteiger partial charge in [0.05, 0.1) is 18.9 Å². The number of benzene rings is 1. The smallest absolute Gasteiger partial charge is 0.161 e. The van der Waals surface area contributed by atoms with Crippen molar-refractivity contribution in [2.45, 2.75) is 18.1 Å². The zero-order chi connectivity index (χ0) is 14.5. The molecule has 0 amide bonds. The van der Waals surface area contributed by atoms with E-state index in [-0.39, 0.29) is 6.10 Å². The third kappa shape index (κ3) is 3.58. The van der Waals surface area contributed by atoms with Crippen molar-refractivity contribution in [1.29, 1.82) is 0 Å². The van der Waals surface area contributed by atoms with Crippen LogP contribution in [0, 0.1) is 0 Å². The highest BCUT2D eigenvalue weighted by Crippen LogP contribution is 2.30. The minimum Gasteiger partial charge on any atom is -0.486 e. The Labute approximate surface area is 128 Å². The molecule has 1 aromatic heterocycles. The molecule has 6 heteroatoms. The van der Waals surface area contributed by atoms with E-state index >= 15 is 0 Å². The summed E-state index contributed by atoms with van der Waals surface area (Å²) in [6.45, 7) is 3.25. The molecule has 5 nitrogen and oxygen atoms in total. The van der Waals surface area contributed by atoms with Crippen LogP contribution < -0.4 is 14.8 Å². The van der Waals surface area contributed by atoms with Crippen LogP contribution in [0.1, 0.15) is 6.92 Å². The molecule has 110 valence electrons. The van der Waals surface area contributed by atoms with Crippen molar-refractivity contribution in [3.05, 3.63) is 36.7 Å². The number of nitrogens with zero attached hydrogens (tertiary/aromatic N) is 2. The minimum atomic E-state index is -0.0378. The SMILES string of the molecule is CCSc1cncc(NC[C@@H]2COc3ccccc3O2)n1. The number of hydrogen-bond donors (Lipinski definition) is 1. The van der Waals surface area contributed by atoms with Gasteiger partial charge in [0.1, 0.15) is 23.6 Å². The molecule has 3 rings (SSSR count). The molecule has 0 radical (unpaired) electrons. The lowest BCUT2D eigenvalue weighted by atomic mass is 10.2. The van der Waals surface area contributed by atoms with Gasteiger partial charge in [-0.1, -0.05) is 19.1 Å². The van der Waals surface area contributed by atoms with Crippen LogP contribution in [-0.2, 0) is 0 Å². The molecule has 2 heterocycles. The standard InChI is InChI=1S/C15H17N3O2S/c1-2-21-15-9-16-8-14(18-15)17-7-11-10-19-12-5-3-4-6-13(12)20-11/h3-6,8-9,11H,2,7,10H2,1H3,(H,17,18)/t11-/m1/s1. The summed E-state index contributed by atoms with van der Waals surface area (Å²) < 4.78 is 11.6. The predicted octanol–water partition coefficient (Wildman–Crippen LogP) is 2.84. The van der Waals surface area contributed by atoms with Gasteiger partial charge in [0.15, 0.2) is 11.5 Å². The molecule has 0 saturated heterocycles. The van der Waals surface area contributed by atoms with Crippen LogP contribution >= 0.6 is 11.8 Å². The first-order chi connectivity index (χ1) is 10.3. The fourth-order valence-electron chi connectivity index (χ4n) is 2.03. The first-order valence-corrected chi connectivity index (χ1v) is 7.91. The molecule has 21 heavy (non-hydrogen) atoms. The maximum atomic E-state index is 5.89. The van der Waals surface area contributed by atoms with Crippen molar-refractivity contribution in [2.75, 3.05) is 24.2 Å². The summed E-state index contributed by atoms with van der Waals surface area (Å²) in [5, 5.41) is 4.18. The van der Waals surface area contributed by atoms with Crippen LogP contribution in [0.15, 0.2) is 41.7 Å². The lowest BCUT2D eigenvalue weighted by Gasteiger charge is -2.26. The lowest BCUT2D eigenvalue weighted by molar-refractivity contribution is 0.0997. The quantitative estimate of drug-likeness (QED) is 0.857. The van der Waals surface area contributed by atoms with E-state index in [1.807, 2.05) is 24.3 Å². The van der Waals surface area contributed by atoms with Gasteiger partial charge in [0, 0.05) is 0 Å². The Morgan fingerprint density at radius 1 is 1.29 bits per heavy atom. The number of nitrogens with one attached hydrogen (secondary N) is 1. The number of rotatable bonds is 5. The second-order valence-electron chi connectivity index (χ2n) is 4.55. The van der Waals surface area contributed by atoms with Crippen LogP contribution in [0.4, 0.5) is 5.82 Å². The third-order valence-electron chi connectivity index (χ3n) is 2.98. The Hall–Kier alpha value is -1.95. The van der Waals surface area contributed by atoms with E-state index in [0.29, 0.717) is 13.2 Å². The first-order valence-electron chi connectivity index (χ1n) is 6.92. The molecule has 0 saturated carbocycles. The van der Waals surface area contributed by atoms with E-state index in [1.165, 1.54) is 0 Å². The van der Waals surface area contributed by atoms with Crippen LogP contribution in [0.5, 0.6) is 11.5 Å². The molecule has 0 unspecified atom stereocenters. The van der Waals surface area contributed by atoms with Crippen LogP contribution in [0.3, 0.4) is 0 Å². The zero-order valence-electron chi connectivity index (χ0n) is 11.8. The average molecular weight is 303 g/mol. The maximum Gasteiger partial charge on any atom is 0.161 e. The van der Waals surface area contributed by atoms with Crippen LogP contribution in [-0.4, -0.2) is 35.0 Å². The normalized spacial score (nSPS) is 16.5. The summed E-state index contributed by atoms with van der Waals surface area (Å²) >= 11 is 1.67. The molecule has 0 fully saturated rings. The average Bonchev–Trinajstić information content (AvgIpc) is 2.53. The van der Waals surface area contributed by atoms with Gasteiger partial charge in [-0.2, -0.15) is 0 Å². The molecule has 0 bridgehead atoms. The Kier molecular flexibility index (Phi) is 4.45. The van der Waals surface area contributed by atoms with Crippen molar-refractivity contribution >= 4 is 17.6 Å². The molecular weight excluding hydrogens is 286 g/mol. The van der Waals surface area contributed by atoms with E-state index in [1.54, 1.807) is 24.2 Å². The van der Waals surface area contributed by atoms with Gasteiger partial charge in [-0.25, -0.2) is 4.98 Å². The minimum absolute atomic E-state index is 0.0378. The van der Waals surface area contributed by atoms with Gasteiger partial charge in [-0.3, -0.25) is 4.98 Å². The number of para-hydroxylation sites is 2. The Morgan fingerprint density at radius 3 is 3.00 bits per heavy atom. The Morgan fingerprint density at radius 2 is 2.14 bits per heavy atom.